The van der Waals surface area contributed by atoms with Gasteiger partial charge in [0.25, 0.3) is 11.8 Å². The summed E-state index contributed by atoms with van der Waals surface area (Å²) in [5.74, 6) is -3.44. The molecule has 330 valence electrons. The lowest BCUT2D eigenvalue weighted by Crippen LogP contribution is -2.54. The molecule has 2 N–H and O–H groups in total. The number of rotatable bonds is 7. The fraction of sp³-hybridized carbons (Fsp3) is 0.479. The topological polar surface area (TPSA) is 129 Å². The predicted molar refractivity (Wildman–Crippen MR) is 228 cm³/mol. The van der Waals surface area contributed by atoms with Crippen LogP contribution >= 0.6 is 0 Å². The van der Waals surface area contributed by atoms with Crippen LogP contribution in [0, 0.1) is 17.0 Å². The second kappa shape index (κ2) is 15.3. The minimum absolute atomic E-state index is 0.0158. The highest BCUT2D eigenvalue weighted by molar-refractivity contribution is 6.23. The number of anilines is 1. The number of nitrogens with one attached hydrogen (secondary N) is 2. The van der Waals surface area contributed by atoms with E-state index in [-0.39, 0.29) is 60.0 Å². The molecule has 12 nitrogen and oxygen atoms in total. The first kappa shape index (κ1) is 41.5. The van der Waals surface area contributed by atoms with Gasteiger partial charge in [-0.3, -0.25) is 44.0 Å². The van der Waals surface area contributed by atoms with E-state index in [2.05, 4.69) is 10.3 Å². The molecule has 63 heavy (non-hydrogen) atoms. The van der Waals surface area contributed by atoms with E-state index in [1.807, 2.05) is 50.8 Å². The van der Waals surface area contributed by atoms with E-state index in [0.717, 1.165) is 58.2 Å². The Labute approximate surface area is 363 Å². The van der Waals surface area contributed by atoms with Crippen LogP contribution in [0.2, 0.25) is 0 Å². The number of aromatic amines is 1. The summed E-state index contributed by atoms with van der Waals surface area (Å²) < 4.78 is 48.3. The number of alkyl halides is 1. The number of H-pyrrole nitrogens is 1. The molecule has 5 amide bonds. The smallest absolute Gasteiger partial charge is 0.262 e. The van der Waals surface area contributed by atoms with Crippen molar-refractivity contribution >= 4 is 46.1 Å². The summed E-state index contributed by atoms with van der Waals surface area (Å²) in [6, 6.07) is 12.1. The highest BCUT2D eigenvalue weighted by Crippen LogP contribution is 2.46. The van der Waals surface area contributed by atoms with Gasteiger partial charge in [-0.2, -0.15) is 0 Å². The molecule has 3 aromatic carbocycles. The largest absolute Gasteiger partial charge is 0.371 e. The summed E-state index contributed by atoms with van der Waals surface area (Å²) >= 11 is 0. The van der Waals surface area contributed by atoms with Crippen LogP contribution in [-0.2, 0) is 33.9 Å². The summed E-state index contributed by atoms with van der Waals surface area (Å²) in [5.41, 5.74) is 3.67. The molecule has 3 unspecified atom stereocenters. The maximum atomic E-state index is 16.5. The molecule has 6 aliphatic rings. The number of imide groups is 2. The van der Waals surface area contributed by atoms with Crippen LogP contribution in [0.1, 0.15) is 114 Å². The second-order valence-corrected chi connectivity index (χ2v) is 19.4. The number of benzene rings is 3. The van der Waals surface area contributed by atoms with Gasteiger partial charge in [0.2, 0.25) is 17.7 Å². The zero-order valence-corrected chi connectivity index (χ0v) is 35.9. The van der Waals surface area contributed by atoms with Crippen molar-refractivity contribution in [1.82, 2.24) is 29.9 Å². The zero-order valence-electron chi connectivity index (χ0n) is 35.9. The van der Waals surface area contributed by atoms with Gasteiger partial charge in [0.15, 0.2) is 0 Å². The number of fused-ring (bicyclic) bond motifs is 5. The zero-order chi connectivity index (χ0) is 44.1. The number of halogens is 3. The number of hydrogen-bond donors (Lipinski definition) is 2. The summed E-state index contributed by atoms with van der Waals surface area (Å²) in [6.07, 6.45) is 4.12. The lowest BCUT2D eigenvalue weighted by Gasteiger charge is -2.47. The lowest BCUT2D eigenvalue weighted by molar-refractivity contribution is -0.137. The van der Waals surface area contributed by atoms with E-state index in [9.17, 15) is 24.0 Å². The number of nitrogens with zero attached hydrogens (tertiary/aromatic N) is 5. The van der Waals surface area contributed by atoms with Gasteiger partial charge in [-0.15, -0.1) is 0 Å². The fourth-order valence-electron chi connectivity index (χ4n) is 11.3. The van der Waals surface area contributed by atoms with E-state index in [1.54, 1.807) is 12.1 Å². The maximum absolute atomic E-state index is 16.5. The molecule has 0 radical (unpaired) electrons. The van der Waals surface area contributed by atoms with Gasteiger partial charge in [-0.25, -0.2) is 13.2 Å². The Hall–Kier alpha value is -5.54. The van der Waals surface area contributed by atoms with Gasteiger partial charge in [-0.05, 0) is 112 Å². The van der Waals surface area contributed by atoms with E-state index in [0.29, 0.717) is 57.1 Å². The Morgan fingerprint density at radius 1 is 0.873 bits per heavy atom. The number of hydrogen-bond acceptors (Lipinski definition) is 8. The van der Waals surface area contributed by atoms with Crippen molar-refractivity contribution in [2.24, 2.45) is 5.41 Å². The van der Waals surface area contributed by atoms with Crippen LogP contribution in [0.3, 0.4) is 0 Å². The first-order chi connectivity index (χ1) is 30.1. The van der Waals surface area contributed by atoms with E-state index < -0.39 is 53.0 Å². The normalized spacial score (nSPS) is 24.0. The van der Waals surface area contributed by atoms with Crippen molar-refractivity contribution in [3.63, 3.8) is 0 Å². The molecule has 1 aromatic heterocycles. The van der Waals surface area contributed by atoms with Crippen LogP contribution in [-0.4, -0.2) is 111 Å². The fourth-order valence-corrected chi connectivity index (χ4v) is 11.3. The van der Waals surface area contributed by atoms with Gasteiger partial charge in [-0.1, -0.05) is 18.2 Å². The van der Waals surface area contributed by atoms with Crippen LogP contribution in [0.15, 0.2) is 48.5 Å². The van der Waals surface area contributed by atoms with Crippen molar-refractivity contribution in [1.29, 1.82) is 0 Å². The van der Waals surface area contributed by atoms with Crippen molar-refractivity contribution in [3.8, 4) is 0 Å². The number of aromatic nitrogens is 1. The number of para-hydroxylation sites is 1. The lowest BCUT2D eigenvalue weighted by atomic mass is 9.71. The molecule has 3 fully saturated rings. The van der Waals surface area contributed by atoms with Gasteiger partial charge in [0, 0.05) is 86.1 Å². The number of likely N-dealkylation sites (tertiary alicyclic amines) is 1. The van der Waals surface area contributed by atoms with Gasteiger partial charge >= 0.3 is 0 Å². The third-order valence-corrected chi connectivity index (χ3v) is 14.7. The Morgan fingerprint density at radius 2 is 1.49 bits per heavy atom. The van der Waals surface area contributed by atoms with E-state index in [4.69, 9.17) is 0 Å². The summed E-state index contributed by atoms with van der Waals surface area (Å²) in [7, 11) is 0. The molecular formula is C48H52F3N7O5. The standard InChI is InChI=1S/C48H52F3N7O5/c1-27-18-32-31-6-4-5-7-37(31)52-42(32)43(57(27)26-47(2,3)51)41-35(49)21-30(22-36(41)50)55-14-10-48(11-15-55)12-16-56(17-13-48)40(60)25-54-23-28-19-33-34(20-29(28)24-54)46(63)58(45(33)62)38-8-9-39(59)53-44(38)61/h4-7,19-22,27,38,43,52H,8-18,23-26H2,1-3H3,(H,53,59,61). The van der Waals surface area contributed by atoms with Gasteiger partial charge < -0.3 is 14.8 Å². The molecule has 7 heterocycles. The highest BCUT2D eigenvalue weighted by atomic mass is 19.1. The Balaban J connectivity index is 0.762. The molecule has 0 bridgehead atoms. The van der Waals surface area contributed by atoms with Crippen molar-refractivity contribution < 1.29 is 37.1 Å². The second-order valence-electron chi connectivity index (χ2n) is 19.4. The number of piperidine rings is 3. The third kappa shape index (κ3) is 7.30. The molecule has 10 rings (SSSR count). The molecular weight excluding hydrogens is 812 g/mol. The minimum atomic E-state index is -1.58. The summed E-state index contributed by atoms with van der Waals surface area (Å²) in [4.78, 5) is 76.7. The monoisotopic (exact) mass is 863 g/mol. The van der Waals surface area contributed by atoms with Crippen LogP contribution < -0.4 is 10.2 Å². The molecule has 3 atom stereocenters. The SMILES string of the molecule is CC1Cc2c([nH]c3ccccc23)C(c2c(F)cc(N3CCC4(CCN(C(=O)CN5Cc6cc7c(cc6C5)C(=O)N(C5CCC(=O)NC5=O)C7=O)CC4)CC3)cc2F)N1CC(C)(C)F. The molecule has 0 saturated carbocycles. The summed E-state index contributed by atoms with van der Waals surface area (Å²) in [5, 5.41) is 3.23. The third-order valence-electron chi connectivity index (χ3n) is 14.7. The molecule has 0 aliphatic carbocycles. The van der Waals surface area contributed by atoms with Crippen LogP contribution in [0.25, 0.3) is 10.9 Å². The Kier molecular flexibility index (Phi) is 10.1. The molecule has 4 aromatic rings. The molecule has 15 heteroatoms. The van der Waals surface area contributed by atoms with E-state index >= 15 is 13.2 Å². The van der Waals surface area contributed by atoms with Crippen LogP contribution in [0.4, 0.5) is 18.9 Å². The molecule has 6 aliphatic heterocycles. The first-order valence-electron chi connectivity index (χ1n) is 22.2. The Bertz CT molecular complexity index is 2520. The van der Waals surface area contributed by atoms with Crippen molar-refractivity contribution in [3.05, 3.63) is 99.2 Å². The van der Waals surface area contributed by atoms with Crippen LogP contribution in [0.5, 0.6) is 0 Å². The van der Waals surface area contributed by atoms with Gasteiger partial charge in [0.05, 0.1) is 23.7 Å². The average molecular weight is 864 g/mol. The van der Waals surface area contributed by atoms with Crippen molar-refractivity contribution in [2.75, 3.05) is 44.2 Å². The van der Waals surface area contributed by atoms with E-state index in [1.165, 1.54) is 26.0 Å². The highest BCUT2D eigenvalue weighted by Gasteiger charge is 2.46. The predicted octanol–water partition coefficient (Wildman–Crippen LogP) is 6.16. The Morgan fingerprint density at radius 3 is 2.11 bits per heavy atom. The summed E-state index contributed by atoms with van der Waals surface area (Å²) in [6.45, 7) is 8.59. The quantitative estimate of drug-likeness (QED) is 0.212. The first-order valence-corrected chi connectivity index (χ1v) is 22.2. The molecule has 1 spiro atoms. The number of carbonyl (C=O) groups excluding carboxylic acids is 5. The minimum Gasteiger partial charge on any atom is -0.371 e. The number of amides is 5. The number of carbonyl (C=O) groups is 5. The molecule has 3 saturated heterocycles. The maximum Gasteiger partial charge on any atom is 0.262 e. The average Bonchev–Trinajstić information content (AvgIpc) is 3.88. The van der Waals surface area contributed by atoms with Crippen molar-refractivity contribution in [2.45, 2.75) is 103 Å². The van der Waals surface area contributed by atoms with Gasteiger partial charge in [0.1, 0.15) is 23.3 Å².